The maximum absolute atomic E-state index is 12.3. The van der Waals surface area contributed by atoms with Gasteiger partial charge in [-0.3, -0.25) is 4.79 Å². The summed E-state index contributed by atoms with van der Waals surface area (Å²) in [7, 11) is 0. The second kappa shape index (κ2) is 6.29. The molecule has 3 aromatic rings. The van der Waals surface area contributed by atoms with Gasteiger partial charge in [-0.2, -0.15) is 0 Å². The lowest BCUT2D eigenvalue weighted by Crippen LogP contribution is -2.16. The molecule has 1 heterocycles. The second-order valence-electron chi connectivity index (χ2n) is 6.07. The van der Waals surface area contributed by atoms with Crippen LogP contribution in [0.3, 0.4) is 0 Å². The van der Waals surface area contributed by atoms with Crippen LogP contribution < -0.4 is 10.9 Å². The summed E-state index contributed by atoms with van der Waals surface area (Å²) in [6.45, 7) is 6.76. The summed E-state index contributed by atoms with van der Waals surface area (Å²) < 4.78 is 0. The first kappa shape index (κ1) is 15.3. The van der Waals surface area contributed by atoms with E-state index in [0.717, 1.165) is 34.1 Å². The number of nitrogens with one attached hydrogen (secondary N) is 2. The number of fused-ring (bicyclic) bond motifs is 1. The fourth-order valence-corrected chi connectivity index (χ4v) is 2.92. The van der Waals surface area contributed by atoms with E-state index in [1.807, 2.05) is 13.0 Å². The lowest BCUT2D eigenvalue weighted by atomic mass is 10.1. The highest BCUT2D eigenvalue weighted by Crippen LogP contribution is 2.18. The monoisotopic (exact) mass is 306 g/mol. The van der Waals surface area contributed by atoms with E-state index in [1.54, 1.807) is 0 Å². The zero-order valence-corrected chi connectivity index (χ0v) is 13.9. The molecule has 0 radical (unpaired) electrons. The molecule has 0 fully saturated rings. The van der Waals surface area contributed by atoms with Crippen LogP contribution in [0.1, 0.15) is 29.2 Å². The van der Waals surface area contributed by atoms with Gasteiger partial charge in [0.15, 0.2) is 0 Å². The molecule has 0 bridgehead atoms. The third kappa shape index (κ3) is 3.29. The Balaban J connectivity index is 1.87. The van der Waals surface area contributed by atoms with Gasteiger partial charge >= 0.3 is 0 Å². The van der Waals surface area contributed by atoms with Crippen molar-refractivity contribution in [3.8, 4) is 0 Å². The van der Waals surface area contributed by atoms with E-state index in [-0.39, 0.29) is 5.56 Å². The Kier molecular flexibility index (Phi) is 4.20. The molecular weight excluding hydrogens is 284 g/mol. The van der Waals surface area contributed by atoms with Gasteiger partial charge in [0.25, 0.3) is 5.56 Å². The number of hydrogen-bond acceptors (Lipinski definition) is 2. The third-order valence-corrected chi connectivity index (χ3v) is 4.22. The number of pyridine rings is 1. The highest BCUT2D eigenvalue weighted by atomic mass is 16.1. The maximum Gasteiger partial charge on any atom is 0.253 e. The summed E-state index contributed by atoms with van der Waals surface area (Å²) in [6, 6.07) is 14.5. The predicted molar refractivity (Wildman–Crippen MR) is 97.2 cm³/mol. The van der Waals surface area contributed by atoms with Gasteiger partial charge in [0.2, 0.25) is 0 Å². The van der Waals surface area contributed by atoms with Crippen LogP contribution in [0.15, 0.2) is 47.3 Å². The molecule has 1 aromatic heterocycles. The Morgan fingerprint density at radius 1 is 1.04 bits per heavy atom. The van der Waals surface area contributed by atoms with Crippen molar-refractivity contribution in [3.63, 3.8) is 0 Å². The molecule has 2 aromatic carbocycles. The van der Waals surface area contributed by atoms with Gasteiger partial charge in [-0.25, -0.2) is 0 Å². The number of hydrogen-bond donors (Lipinski definition) is 2. The molecule has 23 heavy (non-hydrogen) atoms. The largest absolute Gasteiger partial charge is 0.381 e. The Labute approximate surface area is 136 Å². The number of aromatic amines is 1. The van der Waals surface area contributed by atoms with Crippen molar-refractivity contribution in [3.05, 3.63) is 75.1 Å². The highest BCUT2D eigenvalue weighted by Gasteiger charge is 2.06. The van der Waals surface area contributed by atoms with Gasteiger partial charge < -0.3 is 10.3 Å². The van der Waals surface area contributed by atoms with Crippen molar-refractivity contribution in [1.29, 1.82) is 0 Å². The standard InChI is InChI=1S/C20H22N2O/c1-4-15-5-7-18(8-6-15)21-12-17-11-16-10-13(2)9-14(3)19(16)22-20(17)23/h5-11,21H,4,12H2,1-3H3,(H,22,23). The van der Waals surface area contributed by atoms with Crippen LogP contribution in [0.5, 0.6) is 0 Å². The molecule has 0 aliphatic rings. The molecule has 0 aliphatic carbocycles. The average molecular weight is 306 g/mol. The first-order valence-corrected chi connectivity index (χ1v) is 8.03. The van der Waals surface area contributed by atoms with Crippen LogP contribution >= 0.6 is 0 Å². The van der Waals surface area contributed by atoms with Crippen LogP contribution in [0, 0.1) is 13.8 Å². The van der Waals surface area contributed by atoms with Gasteiger partial charge in [0.1, 0.15) is 0 Å². The van der Waals surface area contributed by atoms with Crippen molar-refractivity contribution in [2.75, 3.05) is 5.32 Å². The summed E-state index contributed by atoms with van der Waals surface area (Å²) >= 11 is 0. The van der Waals surface area contributed by atoms with Crippen LogP contribution in [0.25, 0.3) is 10.9 Å². The molecule has 3 heteroatoms. The van der Waals surface area contributed by atoms with E-state index >= 15 is 0 Å². The Bertz CT molecular complexity index is 892. The molecular formula is C20H22N2O. The maximum atomic E-state index is 12.3. The zero-order chi connectivity index (χ0) is 16.4. The quantitative estimate of drug-likeness (QED) is 0.754. The van der Waals surface area contributed by atoms with Gasteiger partial charge in [-0.15, -0.1) is 0 Å². The fourth-order valence-electron chi connectivity index (χ4n) is 2.92. The summed E-state index contributed by atoms with van der Waals surface area (Å²) in [5.74, 6) is 0. The Morgan fingerprint density at radius 2 is 1.78 bits per heavy atom. The van der Waals surface area contributed by atoms with Crippen molar-refractivity contribution >= 4 is 16.6 Å². The number of anilines is 1. The molecule has 0 atom stereocenters. The van der Waals surface area contributed by atoms with E-state index in [4.69, 9.17) is 0 Å². The fraction of sp³-hybridized carbons (Fsp3) is 0.250. The van der Waals surface area contributed by atoms with E-state index in [1.165, 1.54) is 11.1 Å². The molecule has 0 unspecified atom stereocenters. The molecule has 0 saturated heterocycles. The number of H-pyrrole nitrogens is 1. The minimum Gasteiger partial charge on any atom is -0.381 e. The molecule has 3 rings (SSSR count). The number of benzene rings is 2. The SMILES string of the molecule is CCc1ccc(NCc2cc3cc(C)cc(C)c3[nH]c2=O)cc1. The molecule has 2 N–H and O–H groups in total. The Morgan fingerprint density at radius 3 is 2.48 bits per heavy atom. The molecule has 0 saturated carbocycles. The van der Waals surface area contributed by atoms with Crippen LogP contribution in [-0.2, 0) is 13.0 Å². The second-order valence-corrected chi connectivity index (χ2v) is 6.07. The van der Waals surface area contributed by atoms with Gasteiger partial charge in [0.05, 0.1) is 5.52 Å². The number of rotatable bonds is 4. The van der Waals surface area contributed by atoms with E-state index in [9.17, 15) is 4.79 Å². The van der Waals surface area contributed by atoms with Crippen LogP contribution in [0.4, 0.5) is 5.69 Å². The van der Waals surface area contributed by atoms with Crippen molar-refractivity contribution in [2.24, 2.45) is 0 Å². The third-order valence-electron chi connectivity index (χ3n) is 4.22. The predicted octanol–water partition coefficient (Wildman–Crippen LogP) is 4.32. The smallest absolute Gasteiger partial charge is 0.253 e. The Hall–Kier alpha value is -2.55. The highest BCUT2D eigenvalue weighted by molar-refractivity contribution is 5.82. The summed E-state index contributed by atoms with van der Waals surface area (Å²) in [5, 5.41) is 4.41. The molecule has 3 nitrogen and oxygen atoms in total. The summed E-state index contributed by atoms with van der Waals surface area (Å²) in [5.41, 5.74) is 6.30. The van der Waals surface area contributed by atoms with Gasteiger partial charge in [-0.05, 0) is 61.0 Å². The molecule has 0 spiro atoms. The van der Waals surface area contributed by atoms with Crippen molar-refractivity contribution < 1.29 is 0 Å². The van der Waals surface area contributed by atoms with E-state index < -0.39 is 0 Å². The van der Waals surface area contributed by atoms with Gasteiger partial charge in [-0.1, -0.05) is 30.7 Å². The summed E-state index contributed by atoms with van der Waals surface area (Å²) in [6.07, 6.45) is 1.03. The normalized spacial score (nSPS) is 10.9. The zero-order valence-electron chi connectivity index (χ0n) is 13.9. The molecule has 0 amide bonds. The van der Waals surface area contributed by atoms with Gasteiger partial charge in [0, 0.05) is 17.8 Å². The lowest BCUT2D eigenvalue weighted by Gasteiger charge is -2.09. The molecule has 118 valence electrons. The van der Waals surface area contributed by atoms with E-state index in [2.05, 4.69) is 60.5 Å². The summed E-state index contributed by atoms with van der Waals surface area (Å²) in [4.78, 5) is 15.3. The minimum absolute atomic E-state index is 0.0258. The number of aryl methyl sites for hydroxylation is 3. The molecule has 0 aliphatic heterocycles. The minimum atomic E-state index is -0.0258. The van der Waals surface area contributed by atoms with E-state index in [0.29, 0.717) is 6.54 Å². The first-order valence-electron chi connectivity index (χ1n) is 8.03. The number of aromatic nitrogens is 1. The first-order chi connectivity index (χ1) is 11.1. The topological polar surface area (TPSA) is 44.9 Å². The van der Waals surface area contributed by atoms with Crippen molar-refractivity contribution in [2.45, 2.75) is 33.7 Å². The van der Waals surface area contributed by atoms with Crippen molar-refractivity contribution in [1.82, 2.24) is 4.98 Å². The van der Waals surface area contributed by atoms with Crippen LogP contribution in [-0.4, -0.2) is 4.98 Å². The average Bonchev–Trinajstić information content (AvgIpc) is 2.54. The van der Waals surface area contributed by atoms with Crippen LogP contribution in [0.2, 0.25) is 0 Å². The lowest BCUT2D eigenvalue weighted by molar-refractivity contribution is 1.08.